The number of hydrogen-bond acceptors (Lipinski definition) is 4. The van der Waals surface area contributed by atoms with E-state index in [1.807, 2.05) is 19.9 Å². The Morgan fingerprint density at radius 2 is 1.64 bits per heavy atom. The van der Waals surface area contributed by atoms with Gasteiger partial charge in [-0.3, -0.25) is 0 Å². The second-order valence-corrected chi connectivity index (χ2v) is 6.81. The van der Waals surface area contributed by atoms with Crippen LogP contribution in [0.15, 0.2) is 51.9 Å². The first-order valence-electron chi connectivity index (χ1n) is 7.38. The summed E-state index contributed by atoms with van der Waals surface area (Å²) < 4.78 is 4.60. The average Bonchev–Trinajstić information content (AvgIpc) is 2.60. The molecule has 2 N–H and O–H groups in total. The molecular weight excluding hydrogens is 401 g/mol. The van der Waals surface area contributed by atoms with E-state index in [1.165, 1.54) is 24.9 Å². The van der Waals surface area contributed by atoms with E-state index >= 15 is 0 Å². The minimum Gasteiger partial charge on any atom is -0.464 e. The van der Waals surface area contributed by atoms with Crippen molar-refractivity contribution in [3.05, 3.63) is 62.7 Å². The third-order valence-corrected chi connectivity index (χ3v) is 4.87. The van der Waals surface area contributed by atoms with E-state index in [0.29, 0.717) is 15.1 Å². The van der Waals surface area contributed by atoms with Crippen LogP contribution in [0.4, 0.5) is 0 Å². The molecule has 3 nitrogen and oxygen atoms in total. The number of halogens is 3. The Hall–Kier alpha value is -1.33. The van der Waals surface area contributed by atoms with Gasteiger partial charge in [-0.05, 0) is 42.0 Å². The van der Waals surface area contributed by atoms with E-state index in [2.05, 4.69) is 4.74 Å². The van der Waals surface area contributed by atoms with Gasteiger partial charge in [0.25, 0.3) is 0 Å². The van der Waals surface area contributed by atoms with Gasteiger partial charge < -0.3 is 10.5 Å². The molecule has 0 spiro atoms. The van der Waals surface area contributed by atoms with Crippen molar-refractivity contribution in [3.8, 4) is 0 Å². The van der Waals surface area contributed by atoms with Gasteiger partial charge in [0.2, 0.25) is 0 Å². The molecule has 0 aliphatic heterocycles. The molecule has 0 heterocycles. The lowest BCUT2D eigenvalue weighted by Gasteiger charge is -2.09. The number of esters is 1. The number of hydrogen-bond donors (Lipinski definition) is 1. The van der Waals surface area contributed by atoms with Gasteiger partial charge in [0.15, 0.2) is 0 Å². The summed E-state index contributed by atoms with van der Waals surface area (Å²) in [4.78, 5) is 13.1. The maximum atomic E-state index is 11.5. The number of methoxy groups -OCH3 is 1. The highest BCUT2D eigenvalue weighted by atomic mass is 35.5. The molecule has 25 heavy (non-hydrogen) atoms. The molecule has 0 aromatic heterocycles. The summed E-state index contributed by atoms with van der Waals surface area (Å²) >= 11 is 19.6. The molecule has 0 aliphatic rings. The van der Waals surface area contributed by atoms with E-state index in [9.17, 15) is 4.79 Å². The lowest BCUT2D eigenvalue weighted by atomic mass is 10.2. The molecular formula is C18H18Cl3NO2S. The maximum Gasteiger partial charge on any atom is 0.353 e. The molecule has 2 aromatic rings. The van der Waals surface area contributed by atoms with Crippen molar-refractivity contribution < 1.29 is 9.53 Å². The average molecular weight is 419 g/mol. The van der Waals surface area contributed by atoms with E-state index < -0.39 is 5.97 Å². The van der Waals surface area contributed by atoms with Crippen molar-refractivity contribution in [2.75, 3.05) is 7.11 Å². The largest absolute Gasteiger partial charge is 0.464 e. The molecule has 0 unspecified atom stereocenters. The Labute approximate surface area is 167 Å². The summed E-state index contributed by atoms with van der Waals surface area (Å²) in [6, 6.07) is 10.5. The molecule has 0 saturated heterocycles. The molecule has 0 fully saturated rings. The van der Waals surface area contributed by atoms with E-state index in [4.69, 9.17) is 40.5 Å². The van der Waals surface area contributed by atoms with Crippen molar-refractivity contribution in [1.29, 1.82) is 0 Å². The minimum atomic E-state index is -0.597. The Morgan fingerprint density at radius 3 is 2.24 bits per heavy atom. The third-order valence-electron chi connectivity index (χ3n) is 2.82. The Morgan fingerprint density at radius 1 is 1.04 bits per heavy atom. The molecule has 0 atom stereocenters. The van der Waals surface area contributed by atoms with Crippen LogP contribution >= 0.6 is 46.6 Å². The first kappa shape index (κ1) is 21.7. The zero-order valence-electron chi connectivity index (χ0n) is 14.0. The summed E-state index contributed by atoms with van der Waals surface area (Å²) in [5.41, 5.74) is 6.44. The van der Waals surface area contributed by atoms with Gasteiger partial charge in [0, 0.05) is 19.8 Å². The van der Waals surface area contributed by atoms with E-state index in [0.717, 1.165) is 15.4 Å². The topological polar surface area (TPSA) is 52.3 Å². The van der Waals surface area contributed by atoms with Crippen molar-refractivity contribution in [2.24, 2.45) is 5.73 Å². The maximum absolute atomic E-state index is 11.5. The standard InChI is InChI=1S/C16H12Cl3NO2S.C2H6/c1-22-16(21)13(20)6-9-2-3-11(18)8-15(9)23-14-5-4-10(17)7-12(14)19;1-2/h2-8H,20H2,1H3;1-2H3/b13-6-;. The molecule has 0 radical (unpaired) electrons. The second kappa shape index (κ2) is 10.6. The molecule has 0 bridgehead atoms. The van der Waals surface area contributed by atoms with Gasteiger partial charge >= 0.3 is 5.97 Å². The monoisotopic (exact) mass is 417 g/mol. The van der Waals surface area contributed by atoms with Crippen LogP contribution in [0.2, 0.25) is 15.1 Å². The lowest BCUT2D eigenvalue weighted by molar-refractivity contribution is -0.136. The summed E-state index contributed by atoms with van der Waals surface area (Å²) in [7, 11) is 1.27. The fraction of sp³-hybridized carbons (Fsp3) is 0.167. The van der Waals surface area contributed by atoms with Gasteiger partial charge in [-0.25, -0.2) is 4.79 Å². The van der Waals surface area contributed by atoms with Crippen LogP contribution in [-0.4, -0.2) is 13.1 Å². The summed E-state index contributed by atoms with van der Waals surface area (Å²) in [6.45, 7) is 4.00. The first-order valence-corrected chi connectivity index (χ1v) is 9.33. The zero-order valence-corrected chi connectivity index (χ0v) is 17.1. The van der Waals surface area contributed by atoms with Gasteiger partial charge in [-0.1, -0.05) is 66.5 Å². The molecule has 0 amide bonds. The van der Waals surface area contributed by atoms with Crippen LogP contribution in [0.5, 0.6) is 0 Å². The van der Waals surface area contributed by atoms with E-state index in [1.54, 1.807) is 30.3 Å². The highest BCUT2D eigenvalue weighted by molar-refractivity contribution is 7.99. The number of carbonyl (C=O) groups is 1. The summed E-state index contributed by atoms with van der Waals surface area (Å²) in [5.74, 6) is -0.597. The predicted octanol–water partition coefficient (Wildman–Crippen LogP) is 6.30. The van der Waals surface area contributed by atoms with Crippen LogP contribution in [0.25, 0.3) is 6.08 Å². The number of benzene rings is 2. The lowest BCUT2D eigenvalue weighted by Crippen LogP contribution is -2.12. The predicted molar refractivity (Wildman–Crippen MR) is 108 cm³/mol. The number of nitrogens with two attached hydrogens (primary N) is 1. The first-order chi connectivity index (χ1) is 11.9. The smallest absolute Gasteiger partial charge is 0.353 e. The molecule has 2 rings (SSSR count). The Bertz CT molecular complexity index is 779. The molecule has 134 valence electrons. The zero-order chi connectivity index (χ0) is 19.0. The number of rotatable bonds is 4. The van der Waals surface area contributed by atoms with Crippen molar-refractivity contribution in [3.63, 3.8) is 0 Å². The van der Waals surface area contributed by atoms with Gasteiger partial charge in [0.05, 0.1) is 12.1 Å². The van der Waals surface area contributed by atoms with Crippen LogP contribution < -0.4 is 5.73 Å². The van der Waals surface area contributed by atoms with Crippen LogP contribution in [0.3, 0.4) is 0 Å². The van der Waals surface area contributed by atoms with Crippen LogP contribution in [0.1, 0.15) is 19.4 Å². The van der Waals surface area contributed by atoms with Gasteiger partial charge in [0.1, 0.15) is 5.70 Å². The third kappa shape index (κ3) is 6.48. The molecule has 0 saturated carbocycles. The van der Waals surface area contributed by atoms with Crippen molar-refractivity contribution >= 4 is 58.6 Å². The number of carbonyl (C=O) groups excluding carboxylic acids is 1. The SMILES string of the molecule is CC.COC(=O)/C(N)=C/c1ccc(Cl)cc1Sc1ccc(Cl)cc1Cl. The van der Waals surface area contributed by atoms with Gasteiger partial charge in [-0.15, -0.1) is 0 Å². The highest BCUT2D eigenvalue weighted by Crippen LogP contribution is 2.38. The Balaban J connectivity index is 0.00000151. The quantitative estimate of drug-likeness (QED) is 0.468. The molecule has 0 aliphatic carbocycles. The molecule has 2 aromatic carbocycles. The van der Waals surface area contributed by atoms with Crippen molar-refractivity contribution in [1.82, 2.24) is 0 Å². The fourth-order valence-corrected chi connectivity index (χ4v) is 3.46. The number of ether oxygens (including phenoxy) is 1. The summed E-state index contributed by atoms with van der Waals surface area (Å²) in [5, 5.41) is 1.64. The summed E-state index contributed by atoms with van der Waals surface area (Å²) in [6.07, 6.45) is 1.54. The highest BCUT2D eigenvalue weighted by Gasteiger charge is 2.10. The molecule has 7 heteroatoms. The minimum absolute atomic E-state index is 0.00104. The Kier molecular flexibility index (Phi) is 9.22. The fourth-order valence-electron chi connectivity index (χ4n) is 1.74. The van der Waals surface area contributed by atoms with E-state index in [-0.39, 0.29) is 5.70 Å². The second-order valence-electron chi connectivity index (χ2n) is 4.45. The normalized spacial score (nSPS) is 10.7. The van der Waals surface area contributed by atoms with Crippen LogP contribution in [0, 0.1) is 0 Å². The van der Waals surface area contributed by atoms with Gasteiger partial charge in [-0.2, -0.15) is 0 Å². The van der Waals surface area contributed by atoms with Crippen molar-refractivity contribution in [2.45, 2.75) is 23.6 Å². The van der Waals surface area contributed by atoms with Crippen LogP contribution in [-0.2, 0) is 9.53 Å².